The van der Waals surface area contributed by atoms with Crippen molar-refractivity contribution in [3.05, 3.63) is 119 Å². The van der Waals surface area contributed by atoms with Crippen LogP contribution >= 0.6 is 0 Å². The number of furan rings is 2. The second-order valence-electron chi connectivity index (χ2n) is 10.8. The highest BCUT2D eigenvalue weighted by Crippen LogP contribution is 2.49. The van der Waals surface area contributed by atoms with Gasteiger partial charge in [-0.3, -0.25) is 4.79 Å². The average molecular weight is 545 g/mol. The zero-order valence-corrected chi connectivity index (χ0v) is 22.0. The van der Waals surface area contributed by atoms with Gasteiger partial charge in [0, 0.05) is 26.9 Å². The number of para-hydroxylation sites is 4. The molecule has 0 amide bonds. The van der Waals surface area contributed by atoms with Crippen molar-refractivity contribution in [2.75, 3.05) is 5.32 Å². The third-order valence-electron chi connectivity index (χ3n) is 8.63. The Labute approximate surface area is 236 Å². The minimum atomic E-state index is -0.336. The van der Waals surface area contributed by atoms with E-state index >= 15 is 0 Å². The molecule has 42 heavy (non-hydrogen) atoms. The van der Waals surface area contributed by atoms with Gasteiger partial charge in [0.2, 0.25) is 11.3 Å². The van der Waals surface area contributed by atoms with Crippen LogP contribution in [-0.4, -0.2) is 4.57 Å². The lowest BCUT2D eigenvalue weighted by Gasteiger charge is -2.24. The summed E-state index contributed by atoms with van der Waals surface area (Å²) >= 11 is 0. The highest BCUT2D eigenvalue weighted by molar-refractivity contribution is 6.38. The Morgan fingerprint density at radius 3 is 1.90 bits per heavy atom. The van der Waals surface area contributed by atoms with Crippen LogP contribution in [-0.2, 0) is 0 Å². The molecule has 9 aromatic rings. The minimum absolute atomic E-state index is 0.0499. The maximum atomic E-state index is 13.3. The first kappa shape index (κ1) is 22.0. The summed E-state index contributed by atoms with van der Waals surface area (Å²) in [5.74, 6) is 0.459. The van der Waals surface area contributed by atoms with Crippen LogP contribution in [0.25, 0.3) is 82.7 Å². The van der Waals surface area contributed by atoms with Gasteiger partial charge in [0.1, 0.15) is 22.9 Å². The normalized spacial score (nSPS) is 15.1. The maximum absolute atomic E-state index is 13.3. The number of rotatable bonds is 1. The first-order chi connectivity index (χ1) is 20.8. The summed E-state index contributed by atoms with van der Waals surface area (Å²) < 4.78 is 21.6. The number of aromatic nitrogens is 1. The fraction of sp³-hybridized carbons (Fsp3) is 0.0278. The second kappa shape index (κ2) is 7.71. The molecule has 1 aliphatic rings. The number of hydrogen-bond donors (Lipinski definition) is 1. The summed E-state index contributed by atoms with van der Waals surface area (Å²) in [6.07, 6.45) is 3.58. The van der Waals surface area contributed by atoms with E-state index in [4.69, 9.17) is 13.3 Å². The SMILES string of the molecule is O=c1c2c(oc3ccccc13)NC(n1c3ccccc3c3c4c5ccccc5oc4c4oc5ccccc5c4c31)C=C2. The molecule has 1 unspecified atom stereocenters. The average Bonchev–Trinajstić information content (AvgIpc) is 3.70. The zero-order chi connectivity index (χ0) is 27.5. The molecule has 0 aliphatic carbocycles. The van der Waals surface area contributed by atoms with Crippen LogP contribution in [0.3, 0.4) is 0 Å². The van der Waals surface area contributed by atoms with Gasteiger partial charge in [-0.2, -0.15) is 0 Å². The van der Waals surface area contributed by atoms with E-state index in [1.54, 1.807) is 6.07 Å². The van der Waals surface area contributed by atoms with E-state index in [-0.39, 0.29) is 11.6 Å². The van der Waals surface area contributed by atoms with Crippen molar-refractivity contribution in [2.24, 2.45) is 0 Å². The van der Waals surface area contributed by atoms with Crippen LogP contribution in [0, 0.1) is 0 Å². The Bertz CT molecular complexity index is 2700. The molecular formula is C36H20N2O4. The molecule has 0 spiro atoms. The van der Waals surface area contributed by atoms with Gasteiger partial charge < -0.3 is 23.1 Å². The molecule has 1 atom stereocenters. The Balaban J connectivity index is 1.39. The first-order valence-electron chi connectivity index (χ1n) is 13.9. The minimum Gasteiger partial charge on any atom is -0.452 e. The first-order valence-corrected chi connectivity index (χ1v) is 13.9. The van der Waals surface area contributed by atoms with Crippen LogP contribution in [0.2, 0.25) is 0 Å². The van der Waals surface area contributed by atoms with Gasteiger partial charge in [-0.15, -0.1) is 0 Å². The van der Waals surface area contributed by atoms with Gasteiger partial charge in [0.05, 0.1) is 27.4 Å². The molecule has 1 N–H and O–H groups in total. The Morgan fingerprint density at radius 2 is 1.17 bits per heavy atom. The number of fused-ring (bicyclic) bond motifs is 14. The highest BCUT2D eigenvalue weighted by atomic mass is 16.4. The molecule has 0 saturated carbocycles. The van der Waals surface area contributed by atoms with Crippen LogP contribution in [0.1, 0.15) is 11.7 Å². The Kier molecular flexibility index (Phi) is 4.04. The van der Waals surface area contributed by atoms with Gasteiger partial charge in [0.25, 0.3) is 0 Å². The summed E-state index contributed by atoms with van der Waals surface area (Å²) in [7, 11) is 0. The molecule has 6 nitrogen and oxygen atoms in total. The summed E-state index contributed by atoms with van der Waals surface area (Å²) in [5.41, 5.74) is 6.18. The van der Waals surface area contributed by atoms with Crippen molar-refractivity contribution >= 4 is 88.6 Å². The van der Waals surface area contributed by atoms with Crippen molar-refractivity contribution in [3.63, 3.8) is 0 Å². The lowest BCUT2D eigenvalue weighted by molar-refractivity contribution is 0.585. The smallest absolute Gasteiger partial charge is 0.206 e. The maximum Gasteiger partial charge on any atom is 0.206 e. The molecular weight excluding hydrogens is 524 g/mol. The van der Waals surface area contributed by atoms with Crippen molar-refractivity contribution < 1.29 is 13.3 Å². The lowest BCUT2D eigenvalue weighted by Crippen LogP contribution is -2.22. The molecule has 10 rings (SSSR count). The van der Waals surface area contributed by atoms with E-state index in [1.807, 2.05) is 66.7 Å². The molecule has 0 radical (unpaired) electrons. The summed E-state index contributed by atoms with van der Waals surface area (Å²) in [5, 5.41) is 10.4. The molecule has 0 fully saturated rings. The number of anilines is 1. The van der Waals surface area contributed by atoms with Gasteiger partial charge >= 0.3 is 0 Å². The van der Waals surface area contributed by atoms with Crippen molar-refractivity contribution in [1.82, 2.24) is 4.57 Å². The quantitative estimate of drug-likeness (QED) is 0.223. The monoisotopic (exact) mass is 544 g/mol. The summed E-state index contributed by atoms with van der Waals surface area (Å²) in [6, 6.07) is 32.1. The standard InChI is InChI=1S/C36H20N2O4/c39-33-22-12-4-8-16-27(22)42-36-23(33)17-18-28(37-36)38-24-13-5-1-9-19(24)29-30-20-10-2-6-14-25(20)40-34(30)35-31(32(29)38)21-11-3-7-15-26(21)41-35/h1-18,28,37H. The molecule has 0 bridgehead atoms. The van der Waals surface area contributed by atoms with Gasteiger partial charge in [0.15, 0.2) is 11.2 Å². The van der Waals surface area contributed by atoms with E-state index in [0.29, 0.717) is 22.4 Å². The fourth-order valence-electron chi connectivity index (χ4n) is 6.88. The predicted octanol–water partition coefficient (Wildman–Crippen LogP) is 9.34. The molecule has 0 saturated heterocycles. The van der Waals surface area contributed by atoms with Crippen LogP contribution in [0.15, 0.2) is 121 Å². The van der Waals surface area contributed by atoms with Crippen LogP contribution < -0.4 is 10.7 Å². The molecule has 5 aromatic carbocycles. The van der Waals surface area contributed by atoms with Crippen molar-refractivity contribution in [1.29, 1.82) is 0 Å². The largest absolute Gasteiger partial charge is 0.452 e. The topological polar surface area (TPSA) is 73.5 Å². The molecule has 5 heterocycles. The molecule has 4 aromatic heterocycles. The van der Waals surface area contributed by atoms with Crippen LogP contribution in [0.5, 0.6) is 0 Å². The Morgan fingerprint density at radius 1 is 0.595 bits per heavy atom. The molecule has 1 aliphatic heterocycles. The number of nitrogens with one attached hydrogen (secondary N) is 1. The number of benzene rings is 5. The summed E-state index contributed by atoms with van der Waals surface area (Å²) in [6.45, 7) is 0. The second-order valence-corrected chi connectivity index (χ2v) is 10.8. The van der Waals surface area contributed by atoms with Gasteiger partial charge in [-0.25, -0.2) is 0 Å². The molecule has 6 heteroatoms. The fourth-order valence-corrected chi connectivity index (χ4v) is 6.88. The third kappa shape index (κ3) is 2.66. The predicted molar refractivity (Wildman–Crippen MR) is 168 cm³/mol. The van der Waals surface area contributed by atoms with Gasteiger partial charge in [-0.1, -0.05) is 66.7 Å². The van der Waals surface area contributed by atoms with Crippen molar-refractivity contribution in [2.45, 2.75) is 6.17 Å². The van der Waals surface area contributed by atoms with E-state index in [9.17, 15) is 4.79 Å². The number of hydrogen-bond acceptors (Lipinski definition) is 5. The number of nitrogens with zero attached hydrogens (tertiary/aromatic N) is 1. The van der Waals surface area contributed by atoms with E-state index < -0.39 is 0 Å². The summed E-state index contributed by atoms with van der Waals surface area (Å²) in [4.78, 5) is 13.3. The van der Waals surface area contributed by atoms with Crippen LogP contribution in [0.4, 0.5) is 5.88 Å². The highest BCUT2D eigenvalue weighted by Gasteiger charge is 2.29. The van der Waals surface area contributed by atoms with E-state index in [2.05, 4.69) is 46.3 Å². The lowest BCUT2D eigenvalue weighted by atomic mass is 10.0. The van der Waals surface area contributed by atoms with E-state index in [0.717, 1.165) is 65.7 Å². The van der Waals surface area contributed by atoms with Crippen molar-refractivity contribution in [3.8, 4) is 0 Å². The Hall–Kier alpha value is -5.75. The zero-order valence-electron chi connectivity index (χ0n) is 22.0. The molecule has 198 valence electrons. The van der Waals surface area contributed by atoms with E-state index in [1.165, 1.54) is 0 Å². The third-order valence-corrected chi connectivity index (χ3v) is 8.63. The van der Waals surface area contributed by atoms with Gasteiger partial charge in [-0.05, 0) is 42.5 Å².